The number of carbonyl (C=O) groups is 3. The molecule has 156 valence electrons. The van der Waals surface area contributed by atoms with E-state index in [1.54, 1.807) is 42.5 Å². The van der Waals surface area contributed by atoms with Crippen LogP contribution in [0.1, 0.15) is 11.1 Å². The summed E-state index contributed by atoms with van der Waals surface area (Å²) in [5.41, 5.74) is 1.19. The molecule has 2 aromatic carbocycles. The van der Waals surface area contributed by atoms with E-state index in [1.165, 1.54) is 7.11 Å². The summed E-state index contributed by atoms with van der Waals surface area (Å²) in [4.78, 5) is 37.7. The Balaban J connectivity index is 1.77. The second-order valence-electron chi connectivity index (χ2n) is 6.02. The predicted molar refractivity (Wildman–Crippen MR) is 120 cm³/mol. The van der Waals surface area contributed by atoms with Crippen LogP contribution in [-0.2, 0) is 20.9 Å². The van der Waals surface area contributed by atoms with Gasteiger partial charge in [0.15, 0.2) is 6.61 Å². The Morgan fingerprint density at radius 1 is 1.20 bits per heavy atom. The first-order chi connectivity index (χ1) is 14.3. The topological polar surface area (TPSA) is 72.9 Å². The molecule has 2 aromatic rings. The number of esters is 1. The Morgan fingerprint density at radius 3 is 2.53 bits per heavy atom. The fourth-order valence-corrected chi connectivity index (χ4v) is 4.41. The van der Waals surface area contributed by atoms with Gasteiger partial charge < -0.3 is 9.47 Å². The number of hydrogen-bond donors (Lipinski definition) is 0. The summed E-state index contributed by atoms with van der Waals surface area (Å²) < 4.78 is 10.5. The number of imide groups is 1. The molecule has 0 atom stereocenters. The van der Waals surface area contributed by atoms with Crippen molar-refractivity contribution < 1.29 is 23.9 Å². The molecular formula is C20H14BrCl2NO5S. The van der Waals surface area contributed by atoms with Gasteiger partial charge >= 0.3 is 5.97 Å². The molecule has 30 heavy (non-hydrogen) atoms. The molecule has 1 aliphatic rings. The van der Waals surface area contributed by atoms with Crippen LogP contribution in [0.2, 0.25) is 10.0 Å². The van der Waals surface area contributed by atoms with E-state index in [2.05, 4.69) is 20.7 Å². The van der Waals surface area contributed by atoms with Gasteiger partial charge in [-0.25, -0.2) is 4.79 Å². The van der Waals surface area contributed by atoms with Gasteiger partial charge in [0, 0.05) is 15.6 Å². The lowest BCUT2D eigenvalue weighted by molar-refractivity contribution is -0.142. The van der Waals surface area contributed by atoms with Gasteiger partial charge in [-0.1, -0.05) is 35.3 Å². The standard InChI is InChI=1S/C20H14BrCl2NO5S/c1-28-18(25)10-29-16-6-5-11(7-13(16)21)8-17-19(26)24(20(27)30-17)9-12-14(22)3-2-4-15(12)23/h2-8H,9-10H2,1H3/b17-8+. The molecule has 0 aliphatic carbocycles. The van der Waals surface area contributed by atoms with Crippen molar-refractivity contribution in [3.8, 4) is 5.75 Å². The van der Waals surface area contributed by atoms with Crippen LogP contribution in [0.3, 0.4) is 0 Å². The minimum Gasteiger partial charge on any atom is -0.481 e. The zero-order chi connectivity index (χ0) is 21.8. The lowest BCUT2D eigenvalue weighted by Gasteiger charge is -2.14. The van der Waals surface area contributed by atoms with Crippen LogP contribution in [0.15, 0.2) is 45.8 Å². The SMILES string of the molecule is COC(=O)COc1ccc(/C=C2/SC(=O)N(Cc3c(Cl)cccc3Cl)C2=O)cc1Br. The molecule has 1 heterocycles. The number of halogens is 3. The maximum Gasteiger partial charge on any atom is 0.343 e. The van der Waals surface area contributed by atoms with Gasteiger partial charge in [-0.15, -0.1) is 0 Å². The van der Waals surface area contributed by atoms with Gasteiger partial charge in [0.25, 0.3) is 11.1 Å². The van der Waals surface area contributed by atoms with Crippen molar-refractivity contribution in [3.05, 3.63) is 66.9 Å². The second kappa shape index (κ2) is 9.87. The summed E-state index contributed by atoms with van der Waals surface area (Å²) in [6.45, 7) is -0.234. The number of nitrogens with zero attached hydrogens (tertiary/aromatic N) is 1. The summed E-state index contributed by atoms with van der Waals surface area (Å²) in [5.74, 6) is -0.486. The Kier molecular flexibility index (Phi) is 7.46. The maximum atomic E-state index is 12.8. The van der Waals surface area contributed by atoms with Crippen LogP contribution in [-0.4, -0.2) is 35.7 Å². The van der Waals surface area contributed by atoms with Crippen molar-refractivity contribution in [1.29, 1.82) is 0 Å². The molecule has 0 N–H and O–H groups in total. The van der Waals surface area contributed by atoms with Crippen LogP contribution < -0.4 is 4.74 Å². The number of hydrogen-bond acceptors (Lipinski definition) is 6. The molecule has 0 aromatic heterocycles. The van der Waals surface area contributed by atoms with Crippen LogP contribution in [0.25, 0.3) is 6.08 Å². The van der Waals surface area contributed by atoms with Crippen molar-refractivity contribution in [2.75, 3.05) is 13.7 Å². The Bertz CT molecular complexity index is 1040. The van der Waals surface area contributed by atoms with E-state index in [4.69, 9.17) is 27.9 Å². The minimum absolute atomic E-state index is 0.00941. The first-order valence-corrected chi connectivity index (χ1v) is 10.8. The fourth-order valence-electron chi connectivity index (χ4n) is 2.55. The van der Waals surface area contributed by atoms with E-state index in [-0.39, 0.29) is 18.1 Å². The van der Waals surface area contributed by atoms with Gasteiger partial charge in [0.05, 0.1) is 23.0 Å². The first kappa shape index (κ1) is 22.7. The highest BCUT2D eigenvalue weighted by molar-refractivity contribution is 9.10. The zero-order valence-electron chi connectivity index (χ0n) is 15.5. The number of rotatable bonds is 6. The third-order valence-electron chi connectivity index (χ3n) is 4.08. The van der Waals surface area contributed by atoms with Crippen LogP contribution >= 0.6 is 50.9 Å². The average Bonchev–Trinajstić information content (AvgIpc) is 2.97. The molecule has 1 fully saturated rings. The fraction of sp³-hybridized carbons (Fsp3) is 0.150. The Hall–Kier alpha value is -2.00. The highest BCUT2D eigenvalue weighted by Gasteiger charge is 2.35. The molecular weight excluding hydrogens is 517 g/mol. The molecule has 0 spiro atoms. The predicted octanol–water partition coefficient (Wildman–Crippen LogP) is 5.54. The summed E-state index contributed by atoms with van der Waals surface area (Å²) in [6.07, 6.45) is 1.61. The highest BCUT2D eigenvalue weighted by atomic mass is 79.9. The largest absolute Gasteiger partial charge is 0.481 e. The van der Waals surface area contributed by atoms with E-state index < -0.39 is 17.1 Å². The first-order valence-electron chi connectivity index (χ1n) is 8.47. The summed E-state index contributed by atoms with van der Waals surface area (Å²) >= 11 is 16.5. The van der Waals surface area contributed by atoms with Crippen LogP contribution in [0.4, 0.5) is 4.79 Å². The lowest BCUT2D eigenvalue weighted by atomic mass is 10.2. The molecule has 1 saturated heterocycles. The number of thioether (sulfide) groups is 1. The zero-order valence-corrected chi connectivity index (χ0v) is 19.4. The Labute approximate surface area is 195 Å². The molecule has 6 nitrogen and oxygen atoms in total. The van der Waals surface area contributed by atoms with Crippen molar-refractivity contribution in [2.24, 2.45) is 0 Å². The van der Waals surface area contributed by atoms with Gasteiger partial charge in [0.2, 0.25) is 0 Å². The average molecular weight is 531 g/mol. The number of methoxy groups -OCH3 is 1. The van der Waals surface area contributed by atoms with Crippen LogP contribution in [0.5, 0.6) is 5.75 Å². The van der Waals surface area contributed by atoms with Gasteiger partial charge in [-0.2, -0.15) is 0 Å². The molecule has 0 radical (unpaired) electrons. The van der Waals surface area contributed by atoms with Gasteiger partial charge in [-0.3, -0.25) is 14.5 Å². The second-order valence-corrected chi connectivity index (χ2v) is 8.68. The van der Waals surface area contributed by atoms with Crippen molar-refractivity contribution in [2.45, 2.75) is 6.54 Å². The number of amides is 2. The van der Waals surface area contributed by atoms with E-state index in [9.17, 15) is 14.4 Å². The van der Waals surface area contributed by atoms with Gasteiger partial charge in [0.1, 0.15) is 5.75 Å². The van der Waals surface area contributed by atoms with Gasteiger partial charge in [-0.05, 0) is 63.6 Å². The van der Waals surface area contributed by atoms with E-state index >= 15 is 0 Å². The van der Waals surface area contributed by atoms with Crippen molar-refractivity contribution >= 4 is 74.1 Å². The molecule has 2 amide bonds. The molecule has 1 aliphatic heterocycles. The summed E-state index contributed by atoms with van der Waals surface area (Å²) in [7, 11) is 1.27. The lowest BCUT2D eigenvalue weighted by Crippen LogP contribution is -2.27. The molecule has 0 unspecified atom stereocenters. The Morgan fingerprint density at radius 2 is 1.90 bits per heavy atom. The molecule has 3 rings (SSSR count). The number of benzene rings is 2. The summed E-state index contributed by atoms with van der Waals surface area (Å²) in [5, 5.41) is 0.369. The van der Waals surface area contributed by atoms with Crippen molar-refractivity contribution in [3.63, 3.8) is 0 Å². The third-order valence-corrected chi connectivity index (χ3v) is 6.31. The minimum atomic E-state index is -0.502. The molecule has 0 saturated carbocycles. The van der Waals surface area contributed by atoms with Crippen molar-refractivity contribution in [1.82, 2.24) is 4.90 Å². The third kappa shape index (κ3) is 5.18. The monoisotopic (exact) mass is 529 g/mol. The number of ether oxygens (including phenoxy) is 2. The van der Waals surface area contributed by atoms with E-state index in [1.807, 2.05) is 0 Å². The maximum absolute atomic E-state index is 12.8. The molecule has 0 bridgehead atoms. The molecule has 10 heteroatoms. The van der Waals surface area contributed by atoms with E-state index in [0.29, 0.717) is 31.4 Å². The normalized spacial score (nSPS) is 15.1. The summed E-state index contributed by atoms with van der Waals surface area (Å²) in [6, 6.07) is 10.1. The van der Waals surface area contributed by atoms with Crippen LogP contribution in [0, 0.1) is 0 Å². The number of carbonyl (C=O) groups excluding carboxylic acids is 3. The smallest absolute Gasteiger partial charge is 0.343 e. The van der Waals surface area contributed by atoms with E-state index in [0.717, 1.165) is 16.7 Å². The highest BCUT2D eigenvalue weighted by Crippen LogP contribution is 2.36. The quantitative estimate of drug-likeness (QED) is 0.360.